The molecule has 31 heavy (non-hydrogen) atoms. The number of ether oxygens (including phenoxy) is 1. The molecule has 0 atom stereocenters. The summed E-state index contributed by atoms with van der Waals surface area (Å²) in [5, 5.41) is 21.8. The third-order valence-corrected chi connectivity index (χ3v) is 4.83. The van der Waals surface area contributed by atoms with Crippen molar-refractivity contribution in [3.05, 3.63) is 58.5 Å². The summed E-state index contributed by atoms with van der Waals surface area (Å²) in [6.07, 6.45) is 3.95. The molecule has 0 bridgehead atoms. The van der Waals surface area contributed by atoms with E-state index in [1.54, 1.807) is 24.7 Å². The second-order valence-electron chi connectivity index (χ2n) is 6.73. The fourth-order valence-electron chi connectivity index (χ4n) is 2.89. The van der Waals surface area contributed by atoms with Crippen molar-refractivity contribution in [2.24, 2.45) is 0 Å². The first-order chi connectivity index (χ1) is 14.9. The molecule has 0 spiro atoms. The maximum atomic E-state index is 12.2. The molecule has 0 radical (unpaired) electrons. The van der Waals surface area contributed by atoms with Gasteiger partial charge in [0.25, 0.3) is 5.91 Å². The molecule has 0 aliphatic carbocycles. The van der Waals surface area contributed by atoms with Crippen molar-refractivity contribution in [2.75, 3.05) is 13.2 Å². The van der Waals surface area contributed by atoms with Gasteiger partial charge in [-0.3, -0.25) is 14.3 Å². The number of aromatic nitrogens is 4. The summed E-state index contributed by atoms with van der Waals surface area (Å²) in [5.74, 6) is -1.53. The predicted octanol–water partition coefficient (Wildman–Crippen LogP) is 2.54. The number of amides is 1. The van der Waals surface area contributed by atoms with Gasteiger partial charge in [0.2, 0.25) is 0 Å². The van der Waals surface area contributed by atoms with E-state index in [0.717, 1.165) is 12.0 Å². The van der Waals surface area contributed by atoms with Crippen LogP contribution in [0.5, 0.6) is 5.75 Å². The number of pyridine rings is 1. The molecule has 0 fully saturated rings. The molecule has 9 nitrogen and oxygen atoms in total. The minimum Gasteiger partial charge on any atom is -0.505 e. The van der Waals surface area contributed by atoms with Crippen LogP contribution in [0, 0.1) is 6.92 Å². The van der Waals surface area contributed by atoms with Crippen LogP contribution in [0.25, 0.3) is 11.3 Å². The highest BCUT2D eigenvalue weighted by Gasteiger charge is 2.20. The van der Waals surface area contributed by atoms with E-state index >= 15 is 0 Å². The molecule has 0 saturated carbocycles. The van der Waals surface area contributed by atoms with Crippen LogP contribution in [0.4, 0.5) is 0 Å². The number of esters is 1. The van der Waals surface area contributed by atoms with Gasteiger partial charge in [-0.05, 0) is 38.0 Å². The zero-order chi connectivity index (χ0) is 22.4. The van der Waals surface area contributed by atoms with Crippen LogP contribution in [-0.4, -0.2) is 50.1 Å². The van der Waals surface area contributed by atoms with E-state index in [1.165, 1.54) is 6.20 Å². The number of hydrogen-bond donors (Lipinski definition) is 2. The quantitative estimate of drug-likeness (QED) is 0.513. The van der Waals surface area contributed by atoms with Gasteiger partial charge in [0.05, 0.1) is 12.8 Å². The summed E-state index contributed by atoms with van der Waals surface area (Å²) in [7, 11) is 0. The number of aryl methyl sites for hydroxylation is 2. The molecule has 2 heterocycles. The lowest BCUT2D eigenvalue weighted by Crippen LogP contribution is -2.31. The maximum absolute atomic E-state index is 12.2. The fourth-order valence-corrected chi connectivity index (χ4v) is 3.02. The lowest BCUT2D eigenvalue weighted by Gasteiger charge is -2.10. The lowest BCUT2D eigenvalue weighted by molar-refractivity contribution is -0.141. The number of carbonyl (C=O) groups is 2. The number of halogens is 1. The van der Waals surface area contributed by atoms with Crippen LogP contribution in [0.3, 0.4) is 0 Å². The zero-order valence-electron chi connectivity index (χ0n) is 17.1. The summed E-state index contributed by atoms with van der Waals surface area (Å²) in [6.45, 7) is 3.84. The Hall–Kier alpha value is -3.46. The minimum absolute atomic E-state index is 0.180. The van der Waals surface area contributed by atoms with E-state index in [9.17, 15) is 14.7 Å². The Balaban J connectivity index is 1.69. The van der Waals surface area contributed by atoms with Crippen molar-refractivity contribution >= 4 is 23.5 Å². The first kappa shape index (κ1) is 22.2. The number of benzene rings is 1. The Labute approximate surface area is 184 Å². The van der Waals surface area contributed by atoms with Gasteiger partial charge in [-0.25, -0.2) is 4.98 Å². The van der Waals surface area contributed by atoms with Gasteiger partial charge in [0, 0.05) is 28.9 Å². The molecular formula is C21H22ClN5O4. The van der Waals surface area contributed by atoms with E-state index in [1.807, 2.05) is 24.3 Å². The molecular weight excluding hydrogens is 422 g/mol. The number of aromatic hydroxyl groups is 1. The van der Waals surface area contributed by atoms with Crippen molar-refractivity contribution < 1.29 is 19.4 Å². The fraction of sp³-hybridized carbons (Fsp3) is 0.286. The normalized spacial score (nSPS) is 10.7. The van der Waals surface area contributed by atoms with Crippen molar-refractivity contribution in [3.63, 3.8) is 0 Å². The summed E-state index contributed by atoms with van der Waals surface area (Å²) in [4.78, 5) is 27.7. The molecule has 0 unspecified atom stereocenters. The monoisotopic (exact) mass is 443 g/mol. The number of nitrogens with one attached hydrogen (secondary N) is 1. The average Bonchev–Trinajstić information content (AvgIpc) is 3.22. The molecule has 0 saturated heterocycles. The Morgan fingerprint density at radius 2 is 2.00 bits per heavy atom. The number of carbonyl (C=O) groups excluding carboxylic acids is 2. The first-order valence-corrected chi connectivity index (χ1v) is 10.0. The second kappa shape index (κ2) is 10.0. The standard InChI is InChI=1S/C21H22ClN5O4/c1-3-31-18(28)11-24-21(30)19-20(29)13(2)16(10-23-19)17-12-27(26-25-17)9-8-14-4-6-15(22)7-5-14/h4-7,10,12,29H,3,8-9,11H2,1-2H3,(H,24,30). The van der Waals surface area contributed by atoms with Gasteiger partial charge in [0.1, 0.15) is 12.2 Å². The Kier molecular flexibility index (Phi) is 7.19. The van der Waals surface area contributed by atoms with Crippen LogP contribution < -0.4 is 5.32 Å². The molecule has 0 aliphatic rings. The Bertz CT molecular complexity index is 1080. The number of hydrogen-bond acceptors (Lipinski definition) is 7. The topological polar surface area (TPSA) is 119 Å². The molecule has 0 aliphatic heterocycles. The van der Waals surface area contributed by atoms with Crippen molar-refractivity contribution in [1.29, 1.82) is 0 Å². The van der Waals surface area contributed by atoms with Crippen LogP contribution in [-0.2, 0) is 22.5 Å². The number of nitrogens with zero attached hydrogens (tertiary/aromatic N) is 4. The van der Waals surface area contributed by atoms with Gasteiger partial charge in [-0.15, -0.1) is 5.10 Å². The van der Waals surface area contributed by atoms with Gasteiger partial charge in [0.15, 0.2) is 11.4 Å². The molecule has 2 aromatic heterocycles. The minimum atomic E-state index is -0.674. The maximum Gasteiger partial charge on any atom is 0.325 e. The summed E-state index contributed by atoms with van der Waals surface area (Å²) >= 11 is 5.90. The van der Waals surface area contributed by atoms with Gasteiger partial charge >= 0.3 is 5.97 Å². The van der Waals surface area contributed by atoms with Gasteiger partial charge < -0.3 is 15.2 Å². The third kappa shape index (κ3) is 5.58. The highest BCUT2D eigenvalue weighted by Crippen LogP contribution is 2.29. The Morgan fingerprint density at radius 1 is 1.26 bits per heavy atom. The average molecular weight is 444 g/mol. The molecule has 2 N–H and O–H groups in total. The third-order valence-electron chi connectivity index (χ3n) is 4.58. The van der Waals surface area contributed by atoms with Gasteiger partial charge in [-0.2, -0.15) is 0 Å². The molecule has 162 valence electrons. The van der Waals surface area contributed by atoms with E-state index in [0.29, 0.717) is 28.4 Å². The van der Waals surface area contributed by atoms with Crippen LogP contribution in [0.15, 0.2) is 36.7 Å². The van der Waals surface area contributed by atoms with Crippen LogP contribution >= 0.6 is 11.6 Å². The molecule has 1 amide bonds. The van der Waals surface area contributed by atoms with Crippen molar-refractivity contribution in [1.82, 2.24) is 25.3 Å². The SMILES string of the molecule is CCOC(=O)CNC(=O)c1ncc(-c2cn(CCc3ccc(Cl)cc3)nn2)c(C)c1O. The lowest BCUT2D eigenvalue weighted by atomic mass is 10.1. The van der Waals surface area contributed by atoms with E-state index in [2.05, 4.69) is 20.6 Å². The zero-order valence-corrected chi connectivity index (χ0v) is 17.9. The predicted molar refractivity (Wildman–Crippen MR) is 114 cm³/mol. The smallest absolute Gasteiger partial charge is 0.325 e. The Morgan fingerprint density at radius 3 is 2.71 bits per heavy atom. The van der Waals surface area contributed by atoms with Crippen LogP contribution in [0.1, 0.15) is 28.5 Å². The first-order valence-electron chi connectivity index (χ1n) is 9.66. The molecule has 3 rings (SSSR count). The second-order valence-corrected chi connectivity index (χ2v) is 7.16. The summed E-state index contributed by atoms with van der Waals surface area (Å²) in [6, 6.07) is 7.59. The van der Waals surface area contributed by atoms with Crippen LogP contribution in [0.2, 0.25) is 5.02 Å². The van der Waals surface area contributed by atoms with Crippen molar-refractivity contribution in [3.8, 4) is 17.0 Å². The van der Waals surface area contributed by atoms with E-state index in [4.69, 9.17) is 16.3 Å². The number of rotatable bonds is 8. The van der Waals surface area contributed by atoms with Crippen molar-refractivity contribution in [2.45, 2.75) is 26.8 Å². The largest absolute Gasteiger partial charge is 0.505 e. The summed E-state index contributed by atoms with van der Waals surface area (Å²) in [5.41, 5.74) is 2.45. The van der Waals surface area contributed by atoms with E-state index < -0.39 is 11.9 Å². The van der Waals surface area contributed by atoms with E-state index in [-0.39, 0.29) is 24.6 Å². The molecule has 3 aromatic rings. The highest BCUT2D eigenvalue weighted by atomic mass is 35.5. The van der Waals surface area contributed by atoms with Gasteiger partial charge in [-0.1, -0.05) is 28.9 Å². The highest BCUT2D eigenvalue weighted by molar-refractivity contribution is 6.30. The summed E-state index contributed by atoms with van der Waals surface area (Å²) < 4.78 is 6.45. The molecule has 1 aromatic carbocycles. The molecule has 10 heteroatoms.